The molecule has 0 fully saturated rings. The summed E-state index contributed by atoms with van der Waals surface area (Å²) >= 11 is 1.87. The van der Waals surface area contributed by atoms with Crippen LogP contribution in [0.25, 0.3) is 43.1 Å². The summed E-state index contributed by atoms with van der Waals surface area (Å²) in [6.45, 7) is 6.72. The highest BCUT2D eigenvalue weighted by Gasteiger charge is 2.17. The van der Waals surface area contributed by atoms with Crippen molar-refractivity contribution in [2.75, 3.05) is 0 Å². The molecule has 1 heterocycles. The van der Waals surface area contributed by atoms with Gasteiger partial charge in [0.05, 0.1) is 0 Å². The lowest BCUT2D eigenvalue weighted by molar-refractivity contribution is 1.36. The van der Waals surface area contributed by atoms with Crippen LogP contribution in [0.2, 0.25) is 0 Å². The molecule has 0 saturated carbocycles. The Balaban J connectivity index is 1.86. The molecule has 0 aliphatic heterocycles. The Kier molecular flexibility index (Phi) is 4.07. The molecule has 28 heavy (non-hydrogen) atoms. The molecule has 0 N–H and O–H groups in total. The van der Waals surface area contributed by atoms with Gasteiger partial charge in [-0.05, 0) is 88.5 Å². The van der Waals surface area contributed by atoms with E-state index < -0.39 is 0 Å². The van der Waals surface area contributed by atoms with Crippen molar-refractivity contribution in [1.82, 2.24) is 0 Å². The molecule has 0 radical (unpaired) electrons. The third kappa shape index (κ3) is 2.66. The number of benzene rings is 4. The molecule has 0 aliphatic carbocycles. The molecule has 0 aliphatic rings. The minimum atomic E-state index is 1.29. The quantitative estimate of drug-likeness (QED) is 0.290. The first-order valence-electron chi connectivity index (χ1n) is 9.71. The first kappa shape index (κ1) is 17.2. The van der Waals surface area contributed by atoms with Crippen molar-refractivity contribution in [3.63, 3.8) is 0 Å². The maximum absolute atomic E-state index is 2.36. The van der Waals surface area contributed by atoms with Crippen LogP contribution in [0, 0.1) is 20.8 Å². The van der Waals surface area contributed by atoms with Crippen molar-refractivity contribution >= 4 is 32.2 Å². The first-order chi connectivity index (χ1) is 13.6. The van der Waals surface area contributed by atoms with Gasteiger partial charge in [-0.1, -0.05) is 60.7 Å². The standard InChI is InChI=1S/C27H22S/c1-17-15-22-16-21(13-14-25(22)28-17)27-19(3)18(2)26(20-9-5-4-6-10-20)23-11-7-8-12-24(23)27/h4-16H,1-3H3. The molecular weight excluding hydrogens is 356 g/mol. The predicted octanol–water partition coefficient (Wildman–Crippen LogP) is 8.31. The van der Waals surface area contributed by atoms with Gasteiger partial charge in [0.1, 0.15) is 0 Å². The van der Waals surface area contributed by atoms with E-state index in [1.807, 2.05) is 11.3 Å². The van der Waals surface area contributed by atoms with E-state index in [2.05, 4.69) is 99.6 Å². The molecule has 4 aromatic carbocycles. The lowest BCUT2D eigenvalue weighted by Gasteiger charge is -2.19. The van der Waals surface area contributed by atoms with E-state index in [0.717, 1.165) is 0 Å². The molecule has 1 aromatic heterocycles. The SMILES string of the molecule is Cc1cc2cc(-c3c(C)c(C)c(-c4ccccc4)c4ccccc34)ccc2s1. The van der Waals surface area contributed by atoms with E-state index in [9.17, 15) is 0 Å². The van der Waals surface area contributed by atoms with E-state index in [-0.39, 0.29) is 0 Å². The van der Waals surface area contributed by atoms with Gasteiger partial charge in [0, 0.05) is 9.58 Å². The van der Waals surface area contributed by atoms with Crippen molar-refractivity contribution in [2.45, 2.75) is 20.8 Å². The summed E-state index contributed by atoms with van der Waals surface area (Å²) in [6.07, 6.45) is 0. The van der Waals surface area contributed by atoms with Gasteiger partial charge in [0.25, 0.3) is 0 Å². The van der Waals surface area contributed by atoms with Gasteiger partial charge >= 0.3 is 0 Å². The smallest absolute Gasteiger partial charge is 0.0345 e. The zero-order chi connectivity index (χ0) is 19.3. The van der Waals surface area contributed by atoms with Crippen LogP contribution in [0.15, 0.2) is 78.9 Å². The van der Waals surface area contributed by atoms with E-state index in [0.29, 0.717) is 0 Å². The maximum atomic E-state index is 2.36. The van der Waals surface area contributed by atoms with Gasteiger partial charge in [-0.25, -0.2) is 0 Å². The van der Waals surface area contributed by atoms with Crippen LogP contribution in [0.4, 0.5) is 0 Å². The molecule has 0 unspecified atom stereocenters. The lowest BCUT2D eigenvalue weighted by Crippen LogP contribution is -1.95. The largest absolute Gasteiger partial charge is 0.141 e. The molecule has 5 aromatic rings. The Morgan fingerprint density at radius 1 is 0.571 bits per heavy atom. The highest BCUT2D eigenvalue weighted by molar-refractivity contribution is 7.19. The predicted molar refractivity (Wildman–Crippen MR) is 124 cm³/mol. The van der Waals surface area contributed by atoms with Gasteiger partial charge in [0.15, 0.2) is 0 Å². The van der Waals surface area contributed by atoms with Crippen LogP contribution in [0.3, 0.4) is 0 Å². The normalized spacial score (nSPS) is 11.4. The van der Waals surface area contributed by atoms with Crippen LogP contribution in [0.5, 0.6) is 0 Å². The van der Waals surface area contributed by atoms with Crippen LogP contribution in [-0.2, 0) is 0 Å². The summed E-state index contributed by atoms with van der Waals surface area (Å²) in [5.74, 6) is 0. The van der Waals surface area contributed by atoms with Crippen molar-refractivity contribution < 1.29 is 0 Å². The fourth-order valence-corrected chi connectivity index (χ4v) is 5.28. The molecule has 0 spiro atoms. The molecule has 0 atom stereocenters. The minimum absolute atomic E-state index is 1.29. The number of hydrogen-bond acceptors (Lipinski definition) is 1. The highest BCUT2D eigenvalue weighted by Crippen LogP contribution is 2.42. The Morgan fingerprint density at radius 3 is 1.86 bits per heavy atom. The van der Waals surface area contributed by atoms with Crippen LogP contribution < -0.4 is 0 Å². The van der Waals surface area contributed by atoms with Crippen molar-refractivity contribution in [3.05, 3.63) is 94.9 Å². The number of rotatable bonds is 2. The molecule has 0 nitrogen and oxygen atoms in total. The first-order valence-corrected chi connectivity index (χ1v) is 10.5. The summed E-state index contributed by atoms with van der Waals surface area (Å²) < 4.78 is 1.36. The molecular formula is C27H22S. The summed E-state index contributed by atoms with van der Waals surface area (Å²) in [4.78, 5) is 1.37. The van der Waals surface area contributed by atoms with Crippen LogP contribution in [-0.4, -0.2) is 0 Å². The van der Waals surface area contributed by atoms with Crippen molar-refractivity contribution in [1.29, 1.82) is 0 Å². The number of aryl methyl sites for hydroxylation is 1. The monoisotopic (exact) mass is 378 g/mol. The number of hydrogen-bond donors (Lipinski definition) is 0. The molecule has 1 heteroatoms. The van der Waals surface area contributed by atoms with Gasteiger partial charge in [0.2, 0.25) is 0 Å². The van der Waals surface area contributed by atoms with E-state index in [4.69, 9.17) is 0 Å². The van der Waals surface area contributed by atoms with Gasteiger partial charge in [-0.2, -0.15) is 0 Å². The Hall–Kier alpha value is -2.90. The third-order valence-electron chi connectivity index (χ3n) is 5.77. The fraction of sp³-hybridized carbons (Fsp3) is 0.111. The molecule has 136 valence electrons. The van der Waals surface area contributed by atoms with Crippen LogP contribution >= 0.6 is 11.3 Å². The molecule has 0 bridgehead atoms. The third-order valence-corrected chi connectivity index (χ3v) is 6.80. The van der Waals surface area contributed by atoms with Gasteiger partial charge in [-0.15, -0.1) is 11.3 Å². The second kappa shape index (κ2) is 6.61. The van der Waals surface area contributed by atoms with E-state index in [1.165, 1.54) is 59.1 Å². The fourth-order valence-electron chi connectivity index (χ4n) is 4.38. The Morgan fingerprint density at radius 2 is 1.18 bits per heavy atom. The highest BCUT2D eigenvalue weighted by atomic mass is 32.1. The average Bonchev–Trinajstić information content (AvgIpc) is 3.09. The number of thiophene rings is 1. The zero-order valence-electron chi connectivity index (χ0n) is 16.4. The lowest BCUT2D eigenvalue weighted by atomic mass is 9.84. The maximum Gasteiger partial charge on any atom is 0.0345 e. The summed E-state index contributed by atoms with van der Waals surface area (Å²) in [5.41, 5.74) is 8.03. The van der Waals surface area contributed by atoms with Gasteiger partial charge in [-0.3, -0.25) is 0 Å². The van der Waals surface area contributed by atoms with Gasteiger partial charge < -0.3 is 0 Å². The van der Waals surface area contributed by atoms with Crippen molar-refractivity contribution in [3.8, 4) is 22.3 Å². The summed E-state index contributed by atoms with van der Waals surface area (Å²) in [7, 11) is 0. The van der Waals surface area contributed by atoms with Crippen LogP contribution in [0.1, 0.15) is 16.0 Å². The zero-order valence-corrected chi connectivity index (χ0v) is 17.2. The van der Waals surface area contributed by atoms with E-state index in [1.54, 1.807) is 0 Å². The second-order valence-corrected chi connectivity index (χ2v) is 8.81. The topological polar surface area (TPSA) is 0 Å². The average molecular weight is 379 g/mol. The second-order valence-electron chi connectivity index (χ2n) is 7.52. The summed E-state index contributed by atoms with van der Waals surface area (Å²) in [6, 6.07) is 28.8. The Labute approximate surface area is 170 Å². The minimum Gasteiger partial charge on any atom is -0.141 e. The van der Waals surface area contributed by atoms with Crippen molar-refractivity contribution in [2.24, 2.45) is 0 Å². The Bertz CT molecular complexity index is 1320. The van der Waals surface area contributed by atoms with E-state index >= 15 is 0 Å². The number of fused-ring (bicyclic) bond motifs is 2. The molecule has 0 amide bonds. The summed E-state index contributed by atoms with van der Waals surface area (Å²) in [5, 5.41) is 4.00. The molecule has 5 rings (SSSR count). The molecule has 0 saturated heterocycles.